The summed E-state index contributed by atoms with van der Waals surface area (Å²) in [6.07, 6.45) is 1.49. The summed E-state index contributed by atoms with van der Waals surface area (Å²) in [5.41, 5.74) is 10.6. The number of anilines is 2. The van der Waals surface area contributed by atoms with Crippen LogP contribution in [-0.2, 0) is 4.74 Å². The molecule has 0 aliphatic carbocycles. The molecule has 3 aromatic rings. The number of nitrogen functional groups attached to an aromatic ring is 1. The average Bonchev–Trinajstić information content (AvgIpc) is 2.90. The molecule has 34 heavy (non-hydrogen) atoms. The molecule has 3 N–H and O–H groups in total. The second-order valence-electron chi connectivity index (χ2n) is 8.09. The SMILES string of the molecule is CCN(CC)C(=O)c1ccc(-c2ccc(N)c(C(=N)c3cc(N4CCOCC4)ncn3)c2)cc1. The van der Waals surface area contributed by atoms with Gasteiger partial charge in [0.2, 0.25) is 0 Å². The van der Waals surface area contributed by atoms with Crippen LogP contribution in [0.5, 0.6) is 0 Å². The van der Waals surface area contributed by atoms with Crippen LogP contribution in [0.25, 0.3) is 11.1 Å². The molecule has 2 aromatic carbocycles. The number of nitrogens with zero attached hydrogens (tertiary/aromatic N) is 4. The van der Waals surface area contributed by atoms with Crippen LogP contribution in [0.15, 0.2) is 54.9 Å². The van der Waals surface area contributed by atoms with E-state index < -0.39 is 0 Å². The molecule has 1 amide bonds. The third kappa shape index (κ3) is 4.92. The zero-order chi connectivity index (χ0) is 24.1. The number of carbonyl (C=O) groups excluding carboxylic acids is 1. The third-order valence-corrected chi connectivity index (χ3v) is 6.08. The minimum atomic E-state index is 0.0242. The van der Waals surface area contributed by atoms with Gasteiger partial charge in [0.25, 0.3) is 5.91 Å². The molecule has 8 nitrogen and oxygen atoms in total. The van der Waals surface area contributed by atoms with E-state index in [-0.39, 0.29) is 11.6 Å². The number of aromatic nitrogens is 2. The molecular weight excluding hydrogens is 428 g/mol. The Balaban J connectivity index is 1.59. The zero-order valence-electron chi connectivity index (χ0n) is 19.6. The van der Waals surface area contributed by atoms with E-state index in [1.807, 2.05) is 56.3 Å². The Morgan fingerprint density at radius 2 is 1.71 bits per heavy atom. The van der Waals surface area contributed by atoms with Gasteiger partial charge in [0, 0.05) is 49.1 Å². The summed E-state index contributed by atoms with van der Waals surface area (Å²) in [4.78, 5) is 25.2. The van der Waals surface area contributed by atoms with Crippen molar-refractivity contribution in [1.82, 2.24) is 14.9 Å². The number of hydrogen-bond acceptors (Lipinski definition) is 7. The fourth-order valence-corrected chi connectivity index (χ4v) is 4.04. The Morgan fingerprint density at radius 1 is 1.03 bits per heavy atom. The van der Waals surface area contributed by atoms with Crippen molar-refractivity contribution < 1.29 is 9.53 Å². The van der Waals surface area contributed by atoms with Crippen molar-refractivity contribution in [3.05, 3.63) is 71.7 Å². The van der Waals surface area contributed by atoms with Gasteiger partial charge in [-0.1, -0.05) is 18.2 Å². The standard InChI is InChI=1S/C26H30N6O2/c1-3-31(4-2)26(33)19-7-5-18(6-8-19)20-9-10-22(27)21(15-20)25(28)23-16-24(30-17-29-23)32-11-13-34-14-12-32/h5-10,15-17,28H,3-4,11-14,27H2,1-2H3. The molecule has 0 saturated carbocycles. The van der Waals surface area contributed by atoms with E-state index in [0.29, 0.717) is 48.8 Å². The maximum absolute atomic E-state index is 12.6. The third-order valence-electron chi connectivity index (χ3n) is 6.08. The van der Waals surface area contributed by atoms with Crippen LogP contribution < -0.4 is 10.6 Å². The molecule has 8 heteroatoms. The largest absolute Gasteiger partial charge is 0.398 e. The quantitative estimate of drug-likeness (QED) is 0.415. The van der Waals surface area contributed by atoms with E-state index in [9.17, 15) is 4.79 Å². The monoisotopic (exact) mass is 458 g/mol. The summed E-state index contributed by atoms with van der Waals surface area (Å²) in [6.45, 7) is 8.14. The molecule has 2 heterocycles. The van der Waals surface area contributed by atoms with Crippen molar-refractivity contribution in [2.24, 2.45) is 0 Å². The molecule has 1 aliphatic rings. The van der Waals surface area contributed by atoms with E-state index in [1.165, 1.54) is 6.33 Å². The van der Waals surface area contributed by atoms with Gasteiger partial charge < -0.3 is 20.3 Å². The fraction of sp³-hybridized carbons (Fsp3) is 0.308. The fourth-order valence-electron chi connectivity index (χ4n) is 4.04. The summed E-state index contributed by atoms with van der Waals surface area (Å²) in [6, 6.07) is 15.0. The second-order valence-corrected chi connectivity index (χ2v) is 8.09. The van der Waals surface area contributed by atoms with Gasteiger partial charge in [0.1, 0.15) is 12.1 Å². The lowest BCUT2D eigenvalue weighted by Crippen LogP contribution is -2.36. The lowest BCUT2D eigenvalue weighted by Gasteiger charge is -2.27. The first-order valence-electron chi connectivity index (χ1n) is 11.5. The number of carbonyl (C=O) groups is 1. The number of rotatable bonds is 7. The Labute approximate surface area is 199 Å². The highest BCUT2D eigenvalue weighted by atomic mass is 16.5. The molecule has 4 rings (SSSR count). The molecule has 1 aromatic heterocycles. The van der Waals surface area contributed by atoms with Crippen molar-refractivity contribution in [2.45, 2.75) is 13.8 Å². The molecule has 1 fully saturated rings. The van der Waals surface area contributed by atoms with Crippen LogP contribution in [0.1, 0.15) is 35.5 Å². The average molecular weight is 459 g/mol. The highest BCUT2D eigenvalue weighted by Gasteiger charge is 2.17. The van der Waals surface area contributed by atoms with Gasteiger partial charge in [0.15, 0.2) is 0 Å². The van der Waals surface area contributed by atoms with Crippen LogP contribution in [0.3, 0.4) is 0 Å². The van der Waals surface area contributed by atoms with Gasteiger partial charge in [-0.3, -0.25) is 10.2 Å². The van der Waals surface area contributed by atoms with E-state index in [0.717, 1.165) is 30.0 Å². The normalized spacial score (nSPS) is 13.5. The van der Waals surface area contributed by atoms with Crippen LogP contribution in [0.4, 0.5) is 11.5 Å². The van der Waals surface area contributed by atoms with Crippen molar-refractivity contribution in [2.75, 3.05) is 50.0 Å². The number of benzene rings is 2. The molecular formula is C26H30N6O2. The maximum atomic E-state index is 12.6. The molecule has 0 atom stereocenters. The highest BCUT2D eigenvalue weighted by Crippen LogP contribution is 2.26. The summed E-state index contributed by atoms with van der Waals surface area (Å²) < 4.78 is 5.42. The Morgan fingerprint density at radius 3 is 2.38 bits per heavy atom. The number of nitrogens with two attached hydrogens (primary N) is 1. The van der Waals surface area contributed by atoms with E-state index in [2.05, 4.69) is 14.9 Å². The van der Waals surface area contributed by atoms with Crippen molar-refractivity contribution >= 4 is 23.1 Å². The predicted octanol–water partition coefficient (Wildman–Crippen LogP) is 3.46. The van der Waals surface area contributed by atoms with Gasteiger partial charge in [-0.05, 0) is 49.2 Å². The molecule has 1 saturated heterocycles. The Hall–Kier alpha value is -3.78. The molecule has 0 unspecified atom stereocenters. The lowest BCUT2D eigenvalue weighted by molar-refractivity contribution is 0.0773. The minimum absolute atomic E-state index is 0.0242. The minimum Gasteiger partial charge on any atom is -0.398 e. The summed E-state index contributed by atoms with van der Waals surface area (Å²) in [7, 11) is 0. The molecule has 0 radical (unpaired) electrons. The van der Waals surface area contributed by atoms with Crippen LogP contribution in [0.2, 0.25) is 0 Å². The zero-order valence-corrected chi connectivity index (χ0v) is 19.6. The van der Waals surface area contributed by atoms with Crippen molar-refractivity contribution in [1.29, 1.82) is 5.41 Å². The summed E-state index contributed by atoms with van der Waals surface area (Å²) in [5, 5.41) is 8.80. The number of hydrogen-bond donors (Lipinski definition) is 2. The first-order valence-corrected chi connectivity index (χ1v) is 11.5. The number of amides is 1. The molecule has 0 spiro atoms. The Kier molecular flexibility index (Phi) is 7.18. The van der Waals surface area contributed by atoms with Gasteiger partial charge in [-0.25, -0.2) is 9.97 Å². The van der Waals surface area contributed by atoms with Crippen LogP contribution in [0, 0.1) is 5.41 Å². The molecule has 176 valence electrons. The predicted molar refractivity (Wildman–Crippen MR) is 135 cm³/mol. The van der Waals surface area contributed by atoms with Gasteiger partial charge in [-0.15, -0.1) is 0 Å². The smallest absolute Gasteiger partial charge is 0.253 e. The summed E-state index contributed by atoms with van der Waals surface area (Å²) >= 11 is 0. The molecule has 0 bridgehead atoms. The van der Waals surface area contributed by atoms with Crippen molar-refractivity contribution in [3.63, 3.8) is 0 Å². The Bertz CT molecular complexity index is 1170. The number of ether oxygens (including phenoxy) is 1. The topological polar surface area (TPSA) is 108 Å². The van der Waals surface area contributed by atoms with E-state index >= 15 is 0 Å². The second kappa shape index (κ2) is 10.4. The first kappa shape index (κ1) is 23.4. The van der Waals surface area contributed by atoms with E-state index in [4.69, 9.17) is 15.9 Å². The lowest BCUT2D eigenvalue weighted by atomic mass is 9.97. The molecule has 1 aliphatic heterocycles. The van der Waals surface area contributed by atoms with Crippen LogP contribution in [-0.4, -0.2) is 65.9 Å². The van der Waals surface area contributed by atoms with Gasteiger partial charge in [0.05, 0.1) is 24.6 Å². The summed E-state index contributed by atoms with van der Waals surface area (Å²) in [5.74, 6) is 0.803. The van der Waals surface area contributed by atoms with Gasteiger partial charge >= 0.3 is 0 Å². The maximum Gasteiger partial charge on any atom is 0.253 e. The number of nitrogens with one attached hydrogen (secondary N) is 1. The van der Waals surface area contributed by atoms with Crippen LogP contribution >= 0.6 is 0 Å². The van der Waals surface area contributed by atoms with Crippen molar-refractivity contribution in [3.8, 4) is 11.1 Å². The van der Waals surface area contributed by atoms with E-state index in [1.54, 1.807) is 11.0 Å². The van der Waals surface area contributed by atoms with Gasteiger partial charge in [-0.2, -0.15) is 0 Å². The highest BCUT2D eigenvalue weighted by molar-refractivity contribution is 6.13. The first-order chi connectivity index (χ1) is 16.5. The number of morpholine rings is 1.